The van der Waals surface area contributed by atoms with Gasteiger partial charge in [0.05, 0.1) is 5.69 Å². The molecule has 3 aromatic rings. The summed E-state index contributed by atoms with van der Waals surface area (Å²) in [5.41, 5.74) is 0.758. The Balaban J connectivity index is 1.83. The van der Waals surface area contributed by atoms with E-state index in [1.54, 1.807) is 42.5 Å². The number of carbonyl (C=O) groups excluding carboxylic acids is 1. The van der Waals surface area contributed by atoms with Crippen LogP contribution in [0.3, 0.4) is 0 Å². The Kier molecular flexibility index (Phi) is 4.47. The number of para-hydroxylation sites is 1. The molecule has 1 aromatic heterocycles. The van der Waals surface area contributed by atoms with E-state index in [1.165, 1.54) is 18.2 Å². The summed E-state index contributed by atoms with van der Waals surface area (Å²) >= 11 is 0. The number of nitrogens with zero attached hydrogens (tertiary/aromatic N) is 2. The second-order valence-corrected chi connectivity index (χ2v) is 5.11. The van der Waals surface area contributed by atoms with Crippen LogP contribution in [0.5, 0.6) is 0 Å². The molecule has 0 saturated heterocycles. The van der Waals surface area contributed by atoms with Gasteiger partial charge in [-0.05, 0) is 30.3 Å². The van der Waals surface area contributed by atoms with E-state index >= 15 is 0 Å². The number of amides is 1. The first-order chi connectivity index (χ1) is 11.6. The number of carbonyl (C=O) groups is 1. The van der Waals surface area contributed by atoms with Crippen LogP contribution >= 0.6 is 0 Å². The van der Waals surface area contributed by atoms with Crippen molar-refractivity contribution in [1.82, 2.24) is 9.78 Å². The summed E-state index contributed by atoms with van der Waals surface area (Å²) in [6.07, 6.45) is 0. The SMILES string of the molecule is O=C(Cn1nc(-c2ccccc2F)ccc1=O)Nc1ccccc1. The monoisotopic (exact) mass is 323 g/mol. The Morgan fingerprint density at radius 3 is 2.46 bits per heavy atom. The van der Waals surface area contributed by atoms with Crippen molar-refractivity contribution >= 4 is 11.6 Å². The lowest BCUT2D eigenvalue weighted by atomic mass is 10.1. The van der Waals surface area contributed by atoms with E-state index < -0.39 is 11.4 Å². The van der Waals surface area contributed by atoms with Gasteiger partial charge >= 0.3 is 0 Å². The van der Waals surface area contributed by atoms with Crippen molar-refractivity contribution in [2.24, 2.45) is 0 Å². The largest absolute Gasteiger partial charge is 0.324 e. The van der Waals surface area contributed by atoms with E-state index in [1.807, 2.05) is 6.07 Å². The van der Waals surface area contributed by atoms with Crippen LogP contribution in [0, 0.1) is 5.82 Å². The van der Waals surface area contributed by atoms with Crippen LogP contribution in [-0.2, 0) is 11.3 Å². The van der Waals surface area contributed by atoms with E-state index in [9.17, 15) is 14.0 Å². The average Bonchev–Trinajstić information content (AvgIpc) is 2.58. The van der Waals surface area contributed by atoms with Gasteiger partial charge < -0.3 is 5.32 Å². The molecule has 2 aromatic carbocycles. The Labute approximate surface area is 137 Å². The third kappa shape index (κ3) is 3.55. The number of hydrogen-bond donors (Lipinski definition) is 1. The molecule has 0 aliphatic rings. The molecule has 1 heterocycles. The predicted octanol–water partition coefficient (Wildman–Crippen LogP) is 2.69. The Morgan fingerprint density at radius 2 is 1.71 bits per heavy atom. The molecular weight excluding hydrogens is 309 g/mol. The molecule has 0 saturated carbocycles. The van der Waals surface area contributed by atoms with E-state index in [2.05, 4.69) is 10.4 Å². The molecule has 0 atom stereocenters. The lowest BCUT2D eigenvalue weighted by Gasteiger charge is -2.08. The lowest BCUT2D eigenvalue weighted by Crippen LogP contribution is -2.29. The molecule has 120 valence electrons. The Bertz CT molecular complexity index is 923. The molecular formula is C18H14FN3O2. The number of halogens is 1. The summed E-state index contributed by atoms with van der Waals surface area (Å²) in [6, 6.07) is 17.7. The van der Waals surface area contributed by atoms with Crippen molar-refractivity contribution in [3.8, 4) is 11.3 Å². The highest BCUT2D eigenvalue weighted by Crippen LogP contribution is 2.18. The van der Waals surface area contributed by atoms with Crippen LogP contribution < -0.4 is 10.9 Å². The zero-order valence-electron chi connectivity index (χ0n) is 12.6. The van der Waals surface area contributed by atoms with Crippen LogP contribution in [0.4, 0.5) is 10.1 Å². The highest BCUT2D eigenvalue weighted by molar-refractivity contribution is 5.90. The maximum atomic E-state index is 13.9. The summed E-state index contributed by atoms with van der Waals surface area (Å²) in [7, 11) is 0. The molecule has 0 fully saturated rings. The first-order valence-corrected chi connectivity index (χ1v) is 7.31. The Hall–Kier alpha value is -3.28. The molecule has 0 aliphatic heterocycles. The van der Waals surface area contributed by atoms with E-state index in [0.29, 0.717) is 11.4 Å². The number of hydrogen-bond acceptors (Lipinski definition) is 3. The topological polar surface area (TPSA) is 64.0 Å². The molecule has 1 amide bonds. The summed E-state index contributed by atoms with van der Waals surface area (Å²) in [5.74, 6) is -0.828. The van der Waals surface area contributed by atoms with Crippen LogP contribution in [0.15, 0.2) is 71.5 Å². The van der Waals surface area contributed by atoms with Crippen LogP contribution in [-0.4, -0.2) is 15.7 Å². The van der Waals surface area contributed by atoms with Gasteiger partial charge in [0.25, 0.3) is 5.56 Å². The van der Waals surface area contributed by atoms with Crippen LogP contribution in [0.2, 0.25) is 0 Å². The first kappa shape index (κ1) is 15.6. The van der Waals surface area contributed by atoms with E-state index in [0.717, 1.165) is 4.68 Å². The third-order valence-corrected chi connectivity index (χ3v) is 3.37. The zero-order valence-corrected chi connectivity index (χ0v) is 12.6. The minimum absolute atomic E-state index is 0.254. The van der Waals surface area contributed by atoms with Crippen molar-refractivity contribution in [3.05, 3.63) is 82.9 Å². The molecule has 3 rings (SSSR count). The molecule has 24 heavy (non-hydrogen) atoms. The van der Waals surface area contributed by atoms with Gasteiger partial charge in [-0.1, -0.05) is 30.3 Å². The predicted molar refractivity (Wildman–Crippen MR) is 89.0 cm³/mol. The maximum Gasteiger partial charge on any atom is 0.267 e. The van der Waals surface area contributed by atoms with Gasteiger partial charge in [0, 0.05) is 17.3 Å². The fourth-order valence-corrected chi connectivity index (χ4v) is 2.23. The van der Waals surface area contributed by atoms with Gasteiger partial charge in [-0.3, -0.25) is 9.59 Å². The smallest absolute Gasteiger partial charge is 0.267 e. The Morgan fingerprint density at radius 1 is 1.00 bits per heavy atom. The zero-order chi connectivity index (χ0) is 16.9. The number of rotatable bonds is 4. The van der Waals surface area contributed by atoms with E-state index in [-0.39, 0.29) is 18.0 Å². The summed E-state index contributed by atoms with van der Waals surface area (Å²) in [5, 5.41) is 6.76. The molecule has 6 heteroatoms. The number of anilines is 1. The third-order valence-electron chi connectivity index (χ3n) is 3.37. The summed E-state index contributed by atoms with van der Waals surface area (Å²) < 4.78 is 14.9. The van der Waals surface area contributed by atoms with Crippen molar-refractivity contribution in [2.45, 2.75) is 6.54 Å². The number of nitrogens with one attached hydrogen (secondary N) is 1. The molecule has 0 radical (unpaired) electrons. The van der Waals surface area contributed by atoms with Crippen molar-refractivity contribution in [2.75, 3.05) is 5.32 Å². The van der Waals surface area contributed by atoms with Gasteiger partial charge in [0.2, 0.25) is 5.91 Å². The summed E-state index contributed by atoms with van der Waals surface area (Å²) in [4.78, 5) is 24.0. The quantitative estimate of drug-likeness (QED) is 0.803. The average molecular weight is 323 g/mol. The second kappa shape index (κ2) is 6.87. The van der Waals surface area contributed by atoms with Crippen molar-refractivity contribution < 1.29 is 9.18 Å². The minimum atomic E-state index is -0.441. The normalized spacial score (nSPS) is 10.4. The molecule has 1 N–H and O–H groups in total. The number of benzene rings is 2. The highest BCUT2D eigenvalue weighted by Gasteiger charge is 2.10. The fourth-order valence-electron chi connectivity index (χ4n) is 2.23. The van der Waals surface area contributed by atoms with Gasteiger partial charge in [-0.25, -0.2) is 9.07 Å². The molecule has 0 aliphatic carbocycles. The molecule has 0 spiro atoms. The minimum Gasteiger partial charge on any atom is -0.324 e. The molecule has 5 nitrogen and oxygen atoms in total. The molecule has 0 unspecified atom stereocenters. The van der Waals surface area contributed by atoms with Crippen LogP contribution in [0.1, 0.15) is 0 Å². The highest BCUT2D eigenvalue weighted by atomic mass is 19.1. The molecule has 0 bridgehead atoms. The van der Waals surface area contributed by atoms with Crippen molar-refractivity contribution in [1.29, 1.82) is 0 Å². The van der Waals surface area contributed by atoms with Gasteiger partial charge in [-0.15, -0.1) is 0 Å². The standard InChI is InChI=1S/C18H14FN3O2/c19-15-9-5-4-8-14(15)16-10-11-18(24)22(21-16)12-17(23)20-13-6-2-1-3-7-13/h1-11H,12H2,(H,20,23). The summed E-state index contributed by atoms with van der Waals surface area (Å²) in [6.45, 7) is -0.254. The first-order valence-electron chi connectivity index (χ1n) is 7.31. The van der Waals surface area contributed by atoms with Gasteiger partial charge in [0.15, 0.2) is 0 Å². The van der Waals surface area contributed by atoms with Gasteiger partial charge in [-0.2, -0.15) is 5.10 Å². The lowest BCUT2D eigenvalue weighted by molar-refractivity contribution is -0.117. The maximum absolute atomic E-state index is 13.9. The number of aromatic nitrogens is 2. The van der Waals surface area contributed by atoms with Crippen LogP contribution in [0.25, 0.3) is 11.3 Å². The fraction of sp³-hybridized carbons (Fsp3) is 0.0556. The second-order valence-electron chi connectivity index (χ2n) is 5.11. The van der Waals surface area contributed by atoms with Crippen molar-refractivity contribution in [3.63, 3.8) is 0 Å². The van der Waals surface area contributed by atoms with Gasteiger partial charge in [0.1, 0.15) is 12.4 Å². The van der Waals surface area contributed by atoms with E-state index in [4.69, 9.17) is 0 Å².